The summed E-state index contributed by atoms with van der Waals surface area (Å²) in [5.41, 5.74) is 4.76. The highest BCUT2D eigenvalue weighted by Crippen LogP contribution is 2.49. The molecule has 1 aliphatic carbocycles. The third-order valence-corrected chi connectivity index (χ3v) is 6.16. The lowest BCUT2D eigenvalue weighted by molar-refractivity contribution is -0.116. The van der Waals surface area contributed by atoms with Gasteiger partial charge in [0.1, 0.15) is 5.75 Å². The summed E-state index contributed by atoms with van der Waals surface area (Å²) in [5.74, 6) is 0.757. The highest BCUT2D eigenvalue weighted by atomic mass is 16.5. The molecule has 2 aliphatic rings. The first-order valence-electron chi connectivity index (χ1n) is 10.1. The van der Waals surface area contributed by atoms with Crippen molar-refractivity contribution < 1.29 is 24.3 Å². The predicted octanol–water partition coefficient (Wildman–Crippen LogP) is 4.36. The van der Waals surface area contributed by atoms with Gasteiger partial charge < -0.3 is 24.8 Å². The number of anilines is 1. The molecule has 5 rings (SSSR count). The van der Waals surface area contributed by atoms with Crippen LogP contribution in [0, 0.1) is 6.92 Å². The van der Waals surface area contributed by atoms with E-state index >= 15 is 0 Å². The number of aromatic nitrogens is 1. The van der Waals surface area contributed by atoms with Gasteiger partial charge in [-0.1, -0.05) is 23.4 Å². The molecule has 31 heavy (non-hydrogen) atoms. The summed E-state index contributed by atoms with van der Waals surface area (Å²) in [6, 6.07) is 12.2. The van der Waals surface area contributed by atoms with Crippen LogP contribution in [0.3, 0.4) is 0 Å². The lowest BCUT2D eigenvalue weighted by atomic mass is 9.72. The molecule has 3 aromatic rings. The zero-order valence-corrected chi connectivity index (χ0v) is 17.2. The number of ketones is 1. The summed E-state index contributed by atoms with van der Waals surface area (Å²) in [4.78, 5) is 13.4. The molecule has 1 aromatic heterocycles. The average Bonchev–Trinajstić information content (AvgIpc) is 3.13. The minimum absolute atomic E-state index is 0.00478. The van der Waals surface area contributed by atoms with Gasteiger partial charge in [0.2, 0.25) is 5.88 Å². The third-order valence-electron chi connectivity index (χ3n) is 6.16. The summed E-state index contributed by atoms with van der Waals surface area (Å²) >= 11 is 0. The Bertz CT molecular complexity index is 1210. The fraction of sp³-hybridized carbons (Fsp3) is 0.250. The van der Waals surface area contributed by atoms with E-state index < -0.39 is 0 Å². The van der Waals surface area contributed by atoms with E-state index in [1.807, 2.05) is 25.1 Å². The molecule has 2 atom stereocenters. The van der Waals surface area contributed by atoms with Gasteiger partial charge >= 0.3 is 0 Å². The van der Waals surface area contributed by atoms with E-state index in [1.54, 1.807) is 24.3 Å². The van der Waals surface area contributed by atoms with E-state index in [1.165, 1.54) is 7.11 Å². The van der Waals surface area contributed by atoms with E-state index in [-0.39, 0.29) is 29.1 Å². The monoisotopic (exact) mass is 418 g/mol. The third kappa shape index (κ3) is 3.13. The number of nitrogens with zero attached hydrogens (tertiary/aromatic N) is 1. The first kappa shape index (κ1) is 19.2. The van der Waals surface area contributed by atoms with E-state index in [4.69, 9.17) is 9.26 Å². The number of benzene rings is 2. The van der Waals surface area contributed by atoms with Gasteiger partial charge in [-0.2, -0.15) is 0 Å². The predicted molar refractivity (Wildman–Crippen MR) is 113 cm³/mol. The Morgan fingerprint density at radius 2 is 1.84 bits per heavy atom. The zero-order valence-electron chi connectivity index (χ0n) is 17.2. The molecule has 3 N–H and O–H groups in total. The number of aryl methyl sites for hydroxylation is 1. The van der Waals surface area contributed by atoms with Crippen molar-refractivity contribution >= 4 is 11.7 Å². The molecule has 0 fully saturated rings. The minimum Gasteiger partial charge on any atom is -0.508 e. The van der Waals surface area contributed by atoms with Crippen molar-refractivity contribution in [2.24, 2.45) is 0 Å². The summed E-state index contributed by atoms with van der Waals surface area (Å²) < 4.78 is 10.7. The number of fused-ring (bicyclic) bond motifs is 1. The van der Waals surface area contributed by atoms with Gasteiger partial charge in [-0.05, 0) is 54.7 Å². The molecule has 0 spiro atoms. The van der Waals surface area contributed by atoms with E-state index in [0.717, 1.165) is 22.4 Å². The maximum Gasteiger partial charge on any atom is 0.233 e. The van der Waals surface area contributed by atoms with Crippen LogP contribution in [0.25, 0.3) is 0 Å². The van der Waals surface area contributed by atoms with Crippen LogP contribution in [-0.4, -0.2) is 28.3 Å². The number of carbonyl (C=O) groups excluding carboxylic acids is 1. The molecule has 0 unspecified atom stereocenters. The van der Waals surface area contributed by atoms with Crippen molar-refractivity contribution in [1.29, 1.82) is 0 Å². The number of nitrogens with one attached hydrogen (secondary N) is 1. The smallest absolute Gasteiger partial charge is 0.233 e. The number of ether oxygens (including phenoxy) is 1. The number of phenols is 2. The molecule has 0 amide bonds. The number of hydrogen-bond donors (Lipinski definition) is 3. The first-order chi connectivity index (χ1) is 15.0. The molecule has 2 aromatic carbocycles. The lowest BCUT2D eigenvalue weighted by Crippen LogP contribution is -2.29. The molecule has 2 heterocycles. The largest absolute Gasteiger partial charge is 0.508 e. The van der Waals surface area contributed by atoms with Crippen LogP contribution in [0.2, 0.25) is 0 Å². The molecule has 1 aliphatic heterocycles. The van der Waals surface area contributed by atoms with Gasteiger partial charge in [0.05, 0.1) is 18.4 Å². The molecular weight excluding hydrogens is 396 g/mol. The number of hydrogen-bond acceptors (Lipinski definition) is 7. The SMILES string of the molecule is COc1ccc([C@H]2C3=C(C[C@H](c4ccc(O)cc4)CC3=O)Nc3onc(C)c32)cc1O. The van der Waals surface area contributed by atoms with Crippen LogP contribution in [0.5, 0.6) is 17.2 Å². The van der Waals surface area contributed by atoms with Crippen molar-refractivity contribution in [1.82, 2.24) is 5.16 Å². The van der Waals surface area contributed by atoms with Gasteiger partial charge in [-0.25, -0.2) is 0 Å². The second-order valence-corrected chi connectivity index (χ2v) is 8.01. The van der Waals surface area contributed by atoms with Gasteiger partial charge in [-0.3, -0.25) is 4.79 Å². The Morgan fingerprint density at radius 3 is 2.55 bits per heavy atom. The summed E-state index contributed by atoms with van der Waals surface area (Å²) in [6.07, 6.45) is 0.993. The normalized spacial score (nSPS) is 20.1. The van der Waals surface area contributed by atoms with Gasteiger partial charge in [0.15, 0.2) is 17.3 Å². The van der Waals surface area contributed by atoms with Crippen LogP contribution >= 0.6 is 0 Å². The van der Waals surface area contributed by atoms with Crippen LogP contribution in [0.4, 0.5) is 5.88 Å². The Balaban J connectivity index is 1.61. The van der Waals surface area contributed by atoms with Gasteiger partial charge in [-0.15, -0.1) is 0 Å². The molecule has 7 nitrogen and oxygen atoms in total. The number of methoxy groups -OCH3 is 1. The highest BCUT2D eigenvalue weighted by Gasteiger charge is 2.41. The number of carbonyl (C=O) groups is 1. The standard InChI is InChI=1S/C24H22N2O5/c1-12-21-22(14-5-8-20(30-2)18(28)10-14)23-17(25-24(21)31-26-12)9-15(11-19(23)29)13-3-6-16(27)7-4-13/h3-8,10,15,22,25,27-28H,9,11H2,1-2H3/t15-,22+/m0/s1. The second kappa shape index (κ2) is 7.19. The number of rotatable bonds is 3. The van der Waals surface area contributed by atoms with Crippen LogP contribution in [0.1, 0.15) is 47.1 Å². The van der Waals surface area contributed by atoms with Crippen molar-refractivity contribution in [3.8, 4) is 17.2 Å². The summed E-state index contributed by atoms with van der Waals surface area (Å²) in [6.45, 7) is 1.85. The Labute approximate surface area is 179 Å². The maximum atomic E-state index is 13.4. The van der Waals surface area contributed by atoms with Crippen molar-refractivity contribution in [2.45, 2.75) is 31.6 Å². The van der Waals surface area contributed by atoms with Crippen LogP contribution in [-0.2, 0) is 4.79 Å². The first-order valence-corrected chi connectivity index (χ1v) is 10.1. The number of aromatic hydroxyl groups is 2. The summed E-state index contributed by atoms with van der Waals surface area (Å²) in [5, 5.41) is 27.4. The minimum atomic E-state index is -0.387. The number of phenolic OH excluding ortho intramolecular Hbond substituents is 2. The Kier molecular flexibility index (Phi) is 4.46. The number of Topliss-reactive ketones (excluding diaryl/α,β-unsaturated/α-hetero) is 1. The molecule has 0 saturated carbocycles. The number of allylic oxidation sites excluding steroid dienone is 2. The average molecular weight is 418 g/mol. The second-order valence-electron chi connectivity index (χ2n) is 8.01. The fourth-order valence-corrected chi connectivity index (χ4v) is 4.67. The summed E-state index contributed by atoms with van der Waals surface area (Å²) in [7, 11) is 1.50. The fourth-order valence-electron chi connectivity index (χ4n) is 4.67. The topological polar surface area (TPSA) is 105 Å². The highest BCUT2D eigenvalue weighted by molar-refractivity contribution is 6.01. The molecular formula is C24H22N2O5. The van der Waals surface area contributed by atoms with Crippen molar-refractivity contribution in [3.05, 3.63) is 76.1 Å². The van der Waals surface area contributed by atoms with Crippen LogP contribution in [0.15, 0.2) is 58.3 Å². The van der Waals surface area contributed by atoms with Gasteiger partial charge in [0.25, 0.3) is 0 Å². The Hall–Kier alpha value is -3.74. The quantitative estimate of drug-likeness (QED) is 0.580. The van der Waals surface area contributed by atoms with Crippen molar-refractivity contribution in [3.63, 3.8) is 0 Å². The molecule has 0 bridgehead atoms. The van der Waals surface area contributed by atoms with Gasteiger partial charge in [0, 0.05) is 23.6 Å². The van der Waals surface area contributed by atoms with E-state index in [9.17, 15) is 15.0 Å². The van der Waals surface area contributed by atoms with Crippen molar-refractivity contribution in [2.75, 3.05) is 12.4 Å². The molecule has 0 saturated heterocycles. The van der Waals surface area contributed by atoms with E-state index in [2.05, 4.69) is 10.5 Å². The van der Waals surface area contributed by atoms with Crippen LogP contribution < -0.4 is 10.1 Å². The molecule has 7 heteroatoms. The maximum absolute atomic E-state index is 13.4. The Morgan fingerprint density at radius 1 is 1.10 bits per heavy atom. The molecule has 158 valence electrons. The zero-order chi connectivity index (χ0) is 21.7. The van der Waals surface area contributed by atoms with E-state index in [0.29, 0.717) is 35.7 Å². The lowest BCUT2D eigenvalue weighted by Gasteiger charge is -2.34. The molecule has 0 radical (unpaired) electrons.